The van der Waals surface area contributed by atoms with Gasteiger partial charge in [0.15, 0.2) is 0 Å². The molecule has 0 aliphatic rings. The molecular weight excluding hydrogens is 346 g/mol. The Labute approximate surface area is 135 Å². The highest BCUT2D eigenvalue weighted by Crippen LogP contribution is 2.26. The number of hydrogen-bond acceptors (Lipinski definition) is 3. The number of carbonyl (C=O) groups is 1. The number of fused-ring (bicyclic) bond motifs is 1. The van der Waals surface area contributed by atoms with Crippen LogP contribution in [-0.2, 0) is 4.79 Å². The lowest BCUT2D eigenvalue weighted by Crippen LogP contribution is -2.19. The van der Waals surface area contributed by atoms with Gasteiger partial charge >= 0.3 is 5.97 Å². The third-order valence-corrected chi connectivity index (χ3v) is 3.75. The van der Waals surface area contributed by atoms with Crippen LogP contribution in [0.3, 0.4) is 0 Å². The summed E-state index contributed by atoms with van der Waals surface area (Å²) in [6, 6.07) is 16.1. The lowest BCUT2D eigenvalue weighted by molar-refractivity contribution is -0.131. The van der Waals surface area contributed by atoms with E-state index in [1.54, 1.807) is 4.57 Å². The number of halogens is 1. The number of benzene rings is 2. The maximum Gasteiger partial charge on any atom is 0.308 e. The summed E-state index contributed by atoms with van der Waals surface area (Å²) in [5.41, 5.74) is 1.18. The van der Waals surface area contributed by atoms with Crippen molar-refractivity contribution < 1.29 is 9.53 Å². The van der Waals surface area contributed by atoms with Crippen LogP contribution in [0.1, 0.15) is 6.92 Å². The Bertz CT molecular complexity index is 913. The van der Waals surface area contributed by atoms with E-state index < -0.39 is 5.97 Å². The molecule has 0 N–H and O–H groups in total. The second-order valence-electron chi connectivity index (χ2n) is 4.77. The molecule has 4 nitrogen and oxygen atoms in total. The zero-order valence-corrected chi connectivity index (χ0v) is 13.3. The second-order valence-corrected chi connectivity index (χ2v) is 5.69. The molecule has 5 heteroatoms. The number of carbonyl (C=O) groups excluding carboxylic acids is 1. The first-order valence-electron chi connectivity index (χ1n) is 6.65. The van der Waals surface area contributed by atoms with Crippen LogP contribution < -0.4 is 10.3 Å². The summed E-state index contributed by atoms with van der Waals surface area (Å²) in [6.07, 6.45) is 0. The van der Waals surface area contributed by atoms with Gasteiger partial charge in [-0.1, -0.05) is 28.1 Å². The molecule has 0 unspecified atom stereocenters. The quantitative estimate of drug-likeness (QED) is 0.657. The van der Waals surface area contributed by atoms with Crippen LogP contribution in [0.2, 0.25) is 0 Å². The standard InChI is InChI=1S/C17H12BrNO3/c1-11(20)22-16-10-17(21)19(13-8-6-12(18)7-9-13)15-5-3-2-4-14(15)16/h2-10H,1H3. The lowest BCUT2D eigenvalue weighted by atomic mass is 10.2. The van der Waals surface area contributed by atoms with Gasteiger partial charge < -0.3 is 4.74 Å². The van der Waals surface area contributed by atoms with Crippen molar-refractivity contribution in [2.75, 3.05) is 0 Å². The van der Waals surface area contributed by atoms with Crippen molar-refractivity contribution >= 4 is 32.8 Å². The molecule has 22 heavy (non-hydrogen) atoms. The van der Waals surface area contributed by atoms with Crippen molar-refractivity contribution in [3.05, 3.63) is 69.4 Å². The minimum absolute atomic E-state index is 0.253. The van der Waals surface area contributed by atoms with Crippen LogP contribution in [0.4, 0.5) is 0 Å². The molecule has 3 aromatic rings. The van der Waals surface area contributed by atoms with Gasteiger partial charge in [0.25, 0.3) is 5.56 Å². The molecule has 0 spiro atoms. The Balaban J connectivity index is 2.32. The zero-order chi connectivity index (χ0) is 15.7. The summed E-state index contributed by atoms with van der Waals surface area (Å²) >= 11 is 3.38. The minimum atomic E-state index is -0.453. The first-order valence-corrected chi connectivity index (χ1v) is 7.45. The lowest BCUT2D eigenvalue weighted by Gasteiger charge is -2.13. The van der Waals surface area contributed by atoms with Crippen LogP contribution >= 0.6 is 15.9 Å². The fraction of sp³-hybridized carbons (Fsp3) is 0.0588. The number of rotatable bonds is 2. The smallest absolute Gasteiger partial charge is 0.308 e. The van der Waals surface area contributed by atoms with E-state index in [1.165, 1.54) is 13.0 Å². The molecule has 0 saturated heterocycles. The second kappa shape index (κ2) is 5.77. The summed E-state index contributed by atoms with van der Waals surface area (Å²) in [5, 5.41) is 0.709. The monoisotopic (exact) mass is 357 g/mol. The van der Waals surface area contributed by atoms with Crippen LogP contribution in [0.15, 0.2) is 63.9 Å². The van der Waals surface area contributed by atoms with E-state index in [1.807, 2.05) is 48.5 Å². The topological polar surface area (TPSA) is 48.3 Å². The van der Waals surface area contributed by atoms with Crippen molar-refractivity contribution in [2.24, 2.45) is 0 Å². The van der Waals surface area contributed by atoms with Gasteiger partial charge in [-0.3, -0.25) is 14.2 Å². The predicted molar refractivity (Wildman–Crippen MR) is 88.6 cm³/mol. The van der Waals surface area contributed by atoms with Gasteiger partial charge in [-0.15, -0.1) is 0 Å². The largest absolute Gasteiger partial charge is 0.426 e. The molecule has 2 aromatic carbocycles. The summed E-state index contributed by atoms with van der Waals surface area (Å²) in [4.78, 5) is 23.7. The van der Waals surface area contributed by atoms with Gasteiger partial charge in [0.1, 0.15) is 5.75 Å². The van der Waals surface area contributed by atoms with Crippen molar-refractivity contribution in [3.63, 3.8) is 0 Å². The maximum atomic E-state index is 12.5. The molecule has 0 radical (unpaired) electrons. The SMILES string of the molecule is CC(=O)Oc1cc(=O)n(-c2ccc(Br)cc2)c2ccccc12. The summed E-state index contributed by atoms with van der Waals surface area (Å²) < 4.78 is 7.69. The van der Waals surface area contributed by atoms with E-state index >= 15 is 0 Å². The van der Waals surface area contributed by atoms with E-state index in [0.29, 0.717) is 10.9 Å². The molecule has 110 valence electrons. The molecule has 1 aromatic heterocycles. The van der Waals surface area contributed by atoms with Crippen molar-refractivity contribution in [3.8, 4) is 11.4 Å². The zero-order valence-electron chi connectivity index (χ0n) is 11.7. The van der Waals surface area contributed by atoms with Gasteiger partial charge in [0.2, 0.25) is 0 Å². The van der Waals surface area contributed by atoms with Gasteiger partial charge in [-0.05, 0) is 36.4 Å². The van der Waals surface area contributed by atoms with Gasteiger partial charge in [-0.25, -0.2) is 0 Å². The van der Waals surface area contributed by atoms with Gasteiger partial charge in [0, 0.05) is 28.5 Å². The Hall–Kier alpha value is -2.40. The van der Waals surface area contributed by atoms with E-state index in [-0.39, 0.29) is 11.3 Å². The van der Waals surface area contributed by atoms with Crippen molar-refractivity contribution in [1.29, 1.82) is 0 Å². The molecule has 0 bridgehead atoms. The minimum Gasteiger partial charge on any atom is -0.426 e. The molecular formula is C17H12BrNO3. The maximum absolute atomic E-state index is 12.5. The number of ether oxygens (including phenoxy) is 1. The number of pyridine rings is 1. The Morgan fingerprint density at radius 2 is 1.77 bits per heavy atom. The summed E-state index contributed by atoms with van der Waals surface area (Å²) in [5.74, 6) is -0.174. The average molecular weight is 358 g/mol. The van der Waals surface area contributed by atoms with Crippen LogP contribution in [0, 0.1) is 0 Å². The number of esters is 1. The number of para-hydroxylation sites is 1. The molecule has 0 fully saturated rings. The third kappa shape index (κ3) is 2.67. The van der Waals surface area contributed by atoms with E-state index in [9.17, 15) is 9.59 Å². The number of hydrogen-bond donors (Lipinski definition) is 0. The number of aromatic nitrogens is 1. The highest BCUT2D eigenvalue weighted by molar-refractivity contribution is 9.10. The predicted octanol–water partition coefficient (Wildman–Crippen LogP) is 3.68. The Morgan fingerprint density at radius 3 is 2.45 bits per heavy atom. The molecule has 0 aliphatic heterocycles. The molecule has 0 atom stereocenters. The van der Waals surface area contributed by atoms with Crippen molar-refractivity contribution in [1.82, 2.24) is 4.57 Å². The van der Waals surface area contributed by atoms with Crippen LogP contribution in [0.25, 0.3) is 16.6 Å². The van der Waals surface area contributed by atoms with E-state index in [4.69, 9.17) is 4.74 Å². The highest BCUT2D eigenvalue weighted by Gasteiger charge is 2.12. The Kier molecular flexibility index (Phi) is 3.81. The van der Waals surface area contributed by atoms with Crippen LogP contribution in [-0.4, -0.2) is 10.5 Å². The molecule has 3 rings (SSSR count). The normalized spacial score (nSPS) is 10.6. The first kappa shape index (κ1) is 14.5. The highest BCUT2D eigenvalue weighted by atomic mass is 79.9. The molecule has 1 heterocycles. The van der Waals surface area contributed by atoms with Gasteiger partial charge in [-0.2, -0.15) is 0 Å². The van der Waals surface area contributed by atoms with E-state index in [0.717, 1.165) is 10.2 Å². The van der Waals surface area contributed by atoms with Crippen molar-refractivity contribution in [2.45, 2.75) is 6.92 Å². The average Bonchev–Trinajstić information content (AvgIpc) is 2.48. The molecule has 0 aliphatic carbocycles. The first-order chi connectivity index (χ1) is 10.6. The summed E-state index contributed by atoms with van der Waals surface area (Å²) in [7, 11) is 0. The summed E-state index contributed by atoms with van der Waals surface area (Å²) in [6.45, 7) is 1.31. The fourth-order valence-electron chi connectivity index (χ4n) is 2.35. The molecule has 0 amide bonds. The third-order valence-electron chi connectivity index (χ3n) is 3.22. The fourth-order valence-corrected chi connectivity index (χ4v) is 2.61. The Morgan fingerprint density at radius 1 is 1.09 bits per heavy atom. The number of nitrogens with zero attached hydrogens (tertiary/aromatic N) is 1. The van der Waals surface area contributed by atoms with E-state index in [2.05, 4.69) is 15.9 Å². The van der Waals surface area contributed by atoms with Crippen LogP contribution in [0.5, 0.6) is 5.75 Å². The molecule has 0 saturated carbocycles. The van der Waals surface area contributed by atoms with Gasteiger partial charge in [0.05, 0.1) is 5.52 Å².